The maximum Gasteiger partial charge on any atom is 0.192 e. The smallest absolute Gasteiger partial charge is 0.115 e. The van der Waals surface area contributed by atoms with E-state index in [2.05, 4.69) is 131 Å². The van der Waals surface area contributed by atoms with Gasteiger partial charge in [0.05, 0.1) is 0 Å². The van der Waals surface area contributed by atoms with Crippen LogP contribution in [0.15, 0.2) is 102 Å². The van der Waals surface area contributed by atoms with Crippen molar-refractivity contribution in [3.8, 4) is 11.5 Å². The minimum absolute atomic E-state index is 0.437. The molecular formula is C33H30Si. The van der Waals surface area contributed by atoms with Gasteiger partial charge in [0.1, 0.15) is 0 Å². The molecule has 5 aromatic rings. The number of hydrogen-bond acceptors (Lipinski definition) is 0. The summed E-state index contributed by atoms with van der Waals surface area (Å²) in [6, 6.07) is 28.8. The lowest BCUT2D eigenvalue weighted by atomic mass is 9.96. The van der Waals surface area contributed by atoms with Crippen molar-refractivity contribution in [2.45, 2.75) is 33.2 Å². The molecule has 0 aromatic heterocycles. The van der Waals surface area contributed by atoms with Crippen LogP contribution >= 0.6 is 0 Å². The first-order valence-corrected chi connectivity index (χ1v) is 14.0. The molecule has 0 bridgehead atoms. The molecule has 0 radical (unpaired) electrons. The van der Waals surface area contributed by atoms with Gasteiger partial charge in [-0.05, 0) is 105 Å². The van der Waals surface area contributed by atoms with E-state index in [9.17, 15) is 0 Å². The van der Waals surface area contributed by atoms with Crippen LogP contribution in [0.5, 0.6) is 0 Å². The molecule has 34 heavy (non-hydrogen) atoms. The highest BCUT2D eigenvalue weighted by Crippen LogP contribution is 2.34. The summed E-state index contributed by atoms with van der Waals surface area (Å²) in [7, 11) is -2.16. The van der Waals surface area contributed by atoms with Gasteiger partial charge in [-0.2, -0.15) is 0 Å². The number of allylic oxidation sites excluding steroid dienone is 2. The minimum Gasteiger partial charge on any atom is -0.115 e. The second-order valence-corrected chi connectivity index (χ2v) is 14.6. The molecule has 0 nitrogen and oxygen atoms in total. The molecule has 0 aliphatic rings. The van der Waals surface area contributed by atoms with E-state index in [1.807, 2.05) is 0 Å². The molecule has 0 amide bonds. The summed E-state index contributed by atoms with van der Waals surface area (Å²) in [5.74, 6) is 3.59. The van der Waals surface area contributed by atoms with Crippen LogP contribution in [0, 0.1) is 11.5 Å². The summed E-state index contributed by atoms with van der Waals surface area (Å²) in [5, 5.41) is 12.4. The lowest BCUT2D eigenvalue weighted by Gasteiger charge is -2.31. The van der Waals surface area contributed by atoms with E-state index in [1.165, 1.54) is 53.5 Å². The molecule has 0 saturated carbocycles. The van der Waals surface area contributed by atoms with Crippen LogP contribution in [0.2, 0.25) is 5.54 Å². The van der Waals surface area contributed by atoms with Gasteiger partial charge >= 0.3 is 0 Å². The first kappa shape index (κ1) is 22.2. The molecule has 0 fully saturated rings. The highest BCUT2D eigenvalue weighted by atomic mass is 28.3. The lowest BCUT2D eigenvalue weighted by molar-refractivity contribution is 1.02. The first-order valence-electron chi connectivity index (χ1n) is 11.9. The first-order chi connectivity index (χ1) is 16.3. The fourth-order valence-corrected chi connectivity index (χ4v) is 9.20. The standard InChI is InChI=1S/C33H30Si/c1-22(2)34(23(3)4,24(5)6)15-14-25-12-9-13-28-18-31-19-29-16-26-10-7-8-11-27(26)17-30(29)20-32(31)21-33(25)28/h7-13,16-21,24H,1,3H2,2,4-6H3. The third-order valence-corrected chi connectivity index (χ3v) is 12.2. The Morgan fingerprint density at radius 3 is 1.65 bits per heavy atom. The quantitative estimate of drug-likeness (QED) is 0.145. The summed E-state index contributed by atoms with van der Waals surface area (Å²) >= 11 is 0. The average Bonchev–Trinajstić information content (AvgIpc) is 2.80. The largest absolute Gasteiger partial charge is 0.192 e. The zero-order chi connectivity index (χ0) is 24.0. The van der Waals surface area contributed by atoms with E-state index in [0.29, 0.717) is 5.54 Å². The third-order valence-electron chi connectivity index (χ3n) is 7.26. The summed E-state index contributed by atoms with van der Waals surface area (Å²) in [5.41, 5.74) is 5.25. The van der Waals surface area contributed by atoms with E-state index < -0.39 is 8.07 Å². The van der Waals surface area contributed by atoms with Gasteiger partial charge in [-0.15, -0.1) is 18.7 Å². The molecule has 0 unspecified atom stereocenters. The Bertz CT molecular complexity index is 1670. The molecule has 0 saturated heterocycles. The molecule has 0 spiro atoms. The minimum atomic E-state index is -2.16. The molecule has 5 aromatic carbocycles. The fraction of sp³-hybridized carbons (Fsp3) is 0.152. The Kier molecular flexibility index (Phi) is 5.43. The van der Waals surface area contributed by atoms with Crippen LogP contribution in [-0.2, 0) is 0 Å². The van der Waals surface area contributed by atoms with E-state index in [4.69, 9.17) is 0 Å². The van der Waals surface area contributed by atoms with Crippen LogP contribution in [0.25, 0.3) is 43.1 Å². The van der Waals surface area contributed by atoms with Crippen molar-refractivity contribution in [3.05, 3.63) is 108 Å². The van der Waals surface area contributed by atoms with Gasteiger partial charge in [0, 0.05) is 5.56 Å². The summed E-state index contributed by atoms with van der Waals surface area (Å²) in [6.45, 7) is 17.4. The molecule has 0 aliphatic heterocycles. The Morgan fingerprint density at radius 1 is 0.647 bits per heavy atom. The van der Waals surface area contributed by atoms with Gasteiger partial charge in [-0.25, -0.2) is 0 Å². The summed E-state index contributed by atoms with van der Waals surface area (Å²) in [4.78, 5) is 0. The van der Waals surface area contributed by atoms with Crippen molar-refractivity contribution >= 4 is 51.2 Å². The predicted octanol–water partition coefficient (Wildman–Crippen LogP) is 9.28. The second-order valence-electron chi connectivity index (χ2n) is 9.90. The van der Waals surface area contributed by atoms with Crippen LogP contribution in [0.4, 0.5) is 0 Å². The van der Waals surface area contributed by atoms with Gasteiger partial charge in [-0.3, -0.25) is 0 Å². The maximum atomic E-state index is 4.33. The van der Waals surface area contributed by atoms with Crippen LogP contribution < -0.4 is 0 Å². The van der Waals surface area contributed by atoms with Crippen LogP contribution in [0.3, 0.4) is 0 Å². The zero-order valence-corrected chi connectivity index (χ0v) is 21.5. The van der Waals surface area contributed by atoms with Crippen molar-refractivity contribution in [3.63, 3.8) is 0 Å². The molecule has 1 heteroatoms. The molecule has 0 aliphatic carbocycles. The normalized spacial score (nSPS) is 11.8. The number of benzene rings is 5. The Labute approximate surface area is 203 Å². The van der Waals surface area contributed by atoms with Crippen molar-refractivity contribution in [1.82, 2.24) is 0 Å². The zero-order valence-electron chi connectivity index (χ0n) is 20.5. The van der Waals surface area contributed by atoms with Crippen LogP contribution in [0.1, 0.15) is 33.3 Å². The van der Waals surface area contributed by atoms with Gasteiger partial charge in [-0.1, -0.05) is 66.6 Å². The van der Waals surface area contributed by atoms with E-state index >= 15 is 0 Å². The highest BCUT2D eigenvalue weighted by Gasteiger charge is 2.37. The van der Waals surface area contributed by atoms with E-state index in [-0.39, 0.29) is 0 Å². The Hall–Kier alpha value is -3.60. The van der Waals surface area contributed by atoms with E-state index in [0.717, 1.165) is 5.56 Å². The highest BCUT2D eigenvalue weighted by molar-refractivity contribution is 6.99. The molecule has 5 rings (SSSR count). The molecule has 166 valence electrons. The maximum absolute atomic E-state index is 4.33. The van der Waals surface area contributed by atoms with Crippen LogP contribution in [-0.4, -0.2) is 8.07 Å². The molecular weight excluding hydrogens is 424 g/mol. The second kappa shape index (κ2) is 8.31. The number of rotatable bonds is 3. The number of fused-ring (bicyclic) bond motifs is 4. The Balaban J connectivity index is 1.73. The molecule has 0 heterocycles. The average molecular weight is 455 g/mol. The van der Waals surface area contributed by atoms with Gasteiger partial charge < -0.3 is 0 Å². The Morgan fingerprint density at radius 2 is 1.12 bits per heavy atom. The summed E-state index contributed by atoms with van der Waals surface area (Å²) < 4.78 is 0. The lowest BCUT2D eigenvalue weighted by Crippen LogP contribution is -2.40. The third kappa shape index (κ3) is 3.56. The van der Waals surface area contributed by atoms with Gasteiger partial charge in [0.15, 0.2) is 8.07 Å². The number of hydrogen-bond donors (Lipinski definition) is 0. The monoisotopic (exact) mass is 454 g/mol. The fourth-order valence-electron chi connectivity index (χ4n) is 5.45. The van der Waals surface area contributed by atoms with Gasteiger partial charge in [0.2, 0.25) is 0 Å². The van der Waals surface area contributed by atoms with Crippen molar-refractivity contribution < 1.29 is 0 Å². The van der Waals surface area contributed by atoms with Crippen molar-refractivity contribution in [1.29, 1.82) is 0 Å². The van der Waals surface area contributed by atoms with Crippen molar-refractivity contribution in [2.24, 2.45) is 0 Å². The molecule has 0 N–H and O–H groups in total. The summed E-state index contributed by atoms with van der Waals surface area (Å²) in [6.07, 6.45) is 0. The van der Waals surface area contributed by atoms with Crippen molar-refractivity contribution in [2.75, 3.05) is 0 Å². The molecule has 0 atom stereocenters. The van der Waals surface area contributed by atoms with Gasteiger partial charge in [0.25, 0.3) is 0 Å². The SMILES string of the molecule is C=C(C)[Si](C#Cc1cccc2cc3cc4cc5ccccc5cc4cc3cc12)(C(=C)C)C(C)C. The topological polar surface area (TPSA) is 0 Å². The predicted molar refractivity (Wildman–Crippen MR) is 154 cm³/mol. The van der Waals surface area contributed by atoms with E-state index in [1.54, 1.807) is 0 Å².